The first-order chi connectivity index (χ1) is 13.1. The number of hydrogen-bond donors (Lipinski definition) is 0. The second-order valence-corrected chi connectivity index (χ2v) is 6.59. The van der Waals surface area contributed by atoms with Crippen LogP contribution in [-0.4, -0.2) is 55.8 Å². The quantitative estimate of drug-likeness (QED) is 0.826. The highest BCUT2D eigenvalue weighted by Crippen LogP contribution is 2.33. The predicted molar refractivity (Wildman–Crippen MR) is 96.7 cm³/mol. The van der Waals surface area contributed by atoms with Crippen molar-refractivity contribution >= 4 is 5.91 Å². The molecule has 0 aromatic heterocycles. The summed E-state index contributed by atoms with van der Waals surface area (Å²) in [6, 6.07) is 9.80. The lowest BCUT2D eigenvalue weighted by Gasteiger charge is -2.35. The van der Waals surface area contributed by atoms with E-state index in [-0.39, 0.29) is 18.5 Å². The van der Waals surface area contributed by atoms with E-state index in [1.807, 2.05) is 4.90 Å². The Morgan fingerprint density at radius 1 is 1.07 bits per heavy atom. The summed E-state index contributed by atoms with van der Waals surface area (Å²) in [4.78, 5) is 16.8. The normalized spacial score (nSPS) is 16.4. The van der Waals surface area contributed by atoms with Crippen molar-refractivity contribution in [1.82, 2.24) is 9.80 Å². The minimum atomic E-state index is -0.276. The molecule has 2 aliphatic rings. The number of hydrogen-bond acceptors (Lipinski definition) is 5. The third kappa shape index (κ3) is 3.68. The first-order valence-corrected chi connectivity index (χ1v) is 8.88. The molecular weight excluding hydrogens is 351 g/mol. The zero-order valence-electron chi connectivity index (χ0n) is 15.1. The number of methoxy groups -OCH3 is 1. The smallest absolute Gasteiger partial charge is 0.254 e. The molecule has 27 heavy (non-hydrogen) atoms. The van der Waals surface area contributed by atoms with Crippen LogP contribution in [-0.2, 0) is 6.54 Å². The van der Waals surface area contributed by atoms with Crippen LogP contribution < -0.4 is 14.2 Å². The van der Waals surface area contributed by atoms with Crippen LogP contribution >= 0.6 is 0 Å². The Hall–Kier alpha value is -2.80. The number of nitrogens with zero attached hydrogens (tertiary/aromatic N) is 2. The number of fused-ring (bicyclic) bond motifs is 1. The molecule has 0 unspecified atom stereocenters. The summed E-state index contributed by atoms with van der Waals surface area (Å²) < 4.78 is 29.5. The van der Waals surface area contributed by atoms with Crippen LogP contribution in [0.5, 0.6) is 17.2 Å². The third-order valence-electron chi connectivity index (χ3n) is 4.92. The van der Waals surface area contributed by atoms with Gasteiger partial charge in [-0.1, -0.05) is 0 Å². The van der Waals surface area contributed by atoms with Gasteiger partial charge in [0.2, 0.25) is 6.79 Å². The standard InChI is InChI=1S/C20H21FN2O4/c1-25-17-5-3-16(21)10-15(17)12-22-6-8-23(9-7-22)20(24)14-2-4-18-19(11-14)27-13-26-18/h2-5,10-11H,6-9,12-13H2,1H3. The molecule has 6 nitrogen and oxygen atoms in total. The summed E-state index contributed by atoms with van der Waals surface area (Å²) >= 11 is 0. The Labute approximate surface area is 157 Å². The maximum absolute atomic E-state index is 13.5. The topological polar surface area (TPSA) is 51.2 Å². The lowest BCUT2D eigenvalue weighted by molar-refractivity contribution is 0.0627. The number of carbonyl (C=O) groups is 1. The van der Waals surface area contributed by atoms with E-state index in [0.717, 1.165) is 18.7 Å². The van der Waals surface area contributed by atoms with E-state index in [9.17, 15) is 9.18 Å². The average Bonchev–Trinajstić information content (AvgIpc) is 3.16. The number of amides is 1. The van der Waals surface area contributed by atoms with Crippen LogP contribution in [0.25, 0.3) is 0 Å². The Morgan fingerprint density at radius 2 is 1.85 bits per heavy atom. The van der Waals surface area contributed by atoms with Gasteiger partial charge in [-0.15, -0.1) is 0 Å². The molecule has 0 spiro atoms. The van der Waals surface area contributed by atoms with E-state index in [0.29, 0.717) is 42.4 Å². The number of ether oxygens (including phenoxy) is 3. The second kappa shape index (κ2) is 7.44. The van der Waals surface area contributed by atoms with Crippen molar-refractivity contribution in [2.24, 2.45) is 0 Å². The highest BCUT2D eigenvalue weighted by molar-refractivity contribution is 5.95. The fourth-order valence-corrected chi connectivity index (χ4v) is 3.43. The number of benzene rings is 2. The predicted octanol–water partition coefficient (Wildman–Crippen LogP) is 2.52. The third-order valence-corrected chi connectivity index (χ3v) is 4.92. The molecule has 2 heterocycles. The fourth-order valence-electron chi connectivity index (χ4n) is 3.43. The Balaban J connectivity index is 1.37. The molecule has 4 rings (SSSR count). The summed E-state index contributed by atoms with van der Waals surface area (Å²) in [5, 5.41) is 0. The molecule has 1 amide bonds. The van der Waals surface area contributed by atoms with Crippen molar-refractivity contribution in [3.05, 3.63) is 53.3 Å². The molecular formula is C20H21FN2O4. The highest BCUT2D eigenvalue weighted by atomic mass is 19.1. The van der Waals surface area contributed by atoms with Gasteiger partial charge in [0, 0.05) is 43.9 Å². The van der Waals surface area contributed by atoms with Crippen molar-refractivity contribution in [3.63, 3.8) is 0 Å². The summed E-state index contributed by atoms with van der Waals surface area (Å²) in [5.74, 6) is 1.66. The van der Waals surface area contributed by atoms with Crippen LogP contribution in [0.2, 0.25) is 0 Å². The van der Waals surface area contributed by atoms with E-state index in [1.165, 1.54) is 12.1 Å². The van der Waals surface area contributed by atoms with Gasteiger partial charge in [0.25, 0.3) is 5.91 Å². The molecule has 0 radical (unpaired) electrons. The number of halogens is 1. The van der Waals surface area contributed by atoms with Crippen molar-refractivity contribution in [2.75, 3.05) is 40.1 Å². The lowest BCUT2D eigenvalue weighted by Crippen LogP contribution is -2.48. The Kier molecular flexibility index (Phi) is 4.85. The zero-order chi connectivity index (χ0) is 18.8. The minimum Gasteiger partial charge on any atom is -0.496 e. The number of piperazine rings is 1. The molecule has 2 aromatic carbocycles. The molecule has 1 saturated heterocycles. The van der Waals surface area contributed by atoms with Crippen LogP contribution in [0.15, 0.2) is 36.4 Å². The summed E-state index contributed by atoms with van der Waals surface area (Å²) in [6.07, 6.45) is 0. The van der Waals surface area contributed by atoms with E-state index in [1.54, 1.807) is 31.4 Å². The van der Waals surface area contributed by atoms with Gasteiger partial charge in [0.15, 0.2) is 11.5 Å². The molecule has 142 valence electrons. The van der Waals surface area contributed by atoms with Crippen LogP contribution in [0, 0.1) is 5.82 Å². The zero-order valence-corrected chi connectivity index (χ0v) is 15.1. The fraction of sp³-hybridized carbons (Fsp3) is 0.350. The Bertz CT molecular complexity index is 850. The van der Waals surface area contributed by atoms with E-state index in [2.05, 4.69) is 4.90 Å². The number of rotatable bonds is 4. The molecule has 7 heteroatoms. The molecule has 0 saturated carbocycles. The van der Waals surface area contributed by atoms with Crippen molar-refractivity contribution in [3.8, 4) is 17.2 Å². The summed E-state index contributed by atoms with van der Waals surface area (Å²) in [6.45, 7) is 3.45. The lowest BCUT2D eigenvalue weighted by atomic mass is 10.1. The summed E-state index contributed by atoms with van der Waals surface area (Å²) in [7, 11) is 1.58. The highest BCUT2D eigenvalue weighted by Gasteiger charge is 2.24. The molecule has 1 fully saturated rings. The maximum Gasteiger partial charge on any atom is 0.254 e. The monoisotopic (exact) mass is 372 g/mol. The van der Waals surface area contributed by atoms with Gasteiger partial charge < -0.3 is 19.1 Å². The molecule has 0 aliphatic carbocycles. The van der Waals surface area contributed by atoms with Crippen LogP contribution in [0.1, 0.15) is 15.9 Å². The minimum absolute atomic E-state index is 0.0173. The van der Waals surface area contributed by atoms with Gasteiger partial charge >= 0.3 is 0 Å². The maximum atomic E-state index is 13.5. The van der Waals surface area contributed by atoms with Gasteiger partial charge in [0.05, 0.1) is 7.11 Å². The van der Waals surface area contributed by atoms with Gasteiger partial charge in [-0.25, -0.2) is 4.39 Å². The van der Waals surface area contributed by atoms with E-state index in [4.69, 9.17) is 14.2 Å². The molecule has 2 aliphatic heterocycles. The van der Waals surface area contributed by atoms with Crippen LogP contribution in [0.4, 0.5) is 4.39 Å². The summed E-state index contributed by atoms with van der Waals surface area (Å²) in [5.41, 5.74) is 1.41. The second-order valence-electron chi connectivity index (χ2n) is 6.59. The first kappa shape index (κ1) is 17.6. The van der Waals surface area contributed by atoms with Crippen molar-refractivity contribution in [1.29, 1.82) is 0 Å². The van der Waals surface area contributed by atoms with Crippen LogP contribution in [0.3, 0.4) is 0 Å². The largest absolute Gasteiger partial charge is 0.496 e. The van der Waals surface area contributed by atoms with E-state index >= 15 is 0 Å². The van der Waals surface area contributed by atoms with Crippen molar-refractivity contribution < 1.29 is 23.4 Å². The van der Waals surface area contributed by atoms with Gasteiger partial charge in [-0.3, -0.25) is 9.69 Å². The number of carbonyl (C=O) groups excluding carboxylic acids is 1. The van der Waals surface area contributed by atoms with Crippen molar-refractivity contribution in [2.45, 2.75) is 6.54 Å². The van der Waals surface area contributed by atoms with Gasteiger partial charge in [0.1, 0.15) is 11.6 Å². The average molecular weight is 372 g/mol. The SMILES string of the molecule is COc1ccc(F)cc1CN1CCN(C(=O)c2ccc3c(c2)OCO3)CC1. The molecule has 2 aromatic rings. The van der Waals surface area contributed by atoms with Gasteiger partial charge in [-0.05, 0) is 36.4 Å². The first-order valence-electron chi connectivity index (χ1n) is 8.88. The molecule has 0 N–H and O–H groups in total. The van der Waals surface area contributed by atoms with Gasteiger partial charge in [-0.2, -0.15) is 0 Å². The Morgan fingerprint density at radius 3 is 2.63 bits per heavy atom. The van der Waals surface area contributed by atoms with E-state index < -0.39 is 0 Å². The molecule has 0 atom stereocenters. The molecule has 0 bridgehead atoms.